The van der Waals surface area contributed by atoms with Crippen LogP contribution in [0.4, 0.5) is 0 Å². The quantitative estimate of drug-likeness (QED) is 0.616. The van der Waals surface area contributed by atoms with Crippen molar-refractivity contribution in [3.8, 4) is 0 Å². The van der Waals surface area contributed by atoms with Crippen molar-refractivity contribution in [3.05, 3.63) is 0 Å². The first-order valence-corrected chi connectivity index (χ1v) is 6.09. The normalized spacial score (nSPS) is 37.3. The molecule has 0 aromatic rings. The second-order valence-corrected chi connectivity index (χ2v) is 5.65. The van der Waals surface area contributed by atoms with Gasteiger partial charge in [-0.05, 0) is 18.8 Å². The molecule has 2 heteroatoms. The van der Waals surface area contributed by atoms with Gasteiger partial charge in [0.05, 0.1) is 26.8 Å². The second-order valence-electron chi connectivity index (χ2n) is 5.65. The summed E-state index contributed by atoms with van der Waals surface area (Å²) >= 11 is 0. The Hall–Kier alpha value is -0.0800. The lowest BCUT2D eigenvalue weighted by Crippen LogP contribution is -2.53. The Balaban J connectivity index is 1.83. The predicted octanol–water partition coefficient (Wildman–Crippen LogP) is 1.90. The number of ether oxygens (including phenoxy) is 1. The van der Waals surface area contributed by atoms with Crippen molar-refractivity contribution < 1.29 is 9.22 Å². The fraction of sp³-hybridized carbons (Fsp3) is 1.00. The third kappa shape index (κ3) is 2.48. The molecule has 1 aliphatic heterocycles. The van der Waals surface area contributed by atoms with E-state index >= 15 is 0 Å². The Kier molecular flexibility index (Phi) is 3.13. The largest absolute Gasteiger partial charge is 0.370 e. The van der Waals surface area contributed by atoms with Gasteiger partial charge in [-0.2, -0.15) is 0 Å². The average Bonchev–Trinajstić information content (AvgIpc) is 2.51. The third-order valence-electron chi connectivity index (χ3n) is 4.05. The highest BCUT2D eigenvalue weighted by molar-refractivity contribution is 4.72. The number of hydrogen-bond acceptors (Lipinski definition) is 1. The van der Waals surface area contributed by atoms with E-state index in [1.165, 1.54) is 43.4 Å². The van der Waals surface area contributed by atoms with Crippen molar-refractivity contribution in [2.45, 2.75) is 26.2 Å². The van der Waals surface area contributed by atoms with Crippen molar-refractivity contribution >= 4 is 0 Å². The summed E-state index contributed by atoms with van der Waals surface area (Å²) < 4.78 is 6.70. The first-order chi connectivity index (χ1) is 6.68. The summed E-state index contributed by atoms with van der Waals surface area (Å²) in [5.74, 6) is 1.97. The van der Waals surface area contributed by atoms with Crippen LogP contribution in [0.2, 0.25) is 0 Å². The van der Waals surface area contributed by atoms with Crippen molar-refractivity contribution in [2.75, 3.05) is 39.9 Å². The third-order valence-corrected chi connectivity index (χ3v) is 4.05. The maximum Gasteiger partial charge on any atom is 0.102 e. The molecule has 0 N–H and O–H groups in total. The molecular formula is C12H24NO+. The first kappa shape index (κ1) is 10.4. The highest BCUT2D eigenvalue weighted by atomic mass is 16.5. The summed E-state index contributed by atoms with van der Waals surface area (Å²) in [5.41, 5.74) is 0. The van der Waals surface area contributed by atoms with Crippen LogP contribution in [0.3, 0.4) is 0 Å². The lowest BCUT2D eigenvalue weighted by molar-refractivity contribution is -0.920. The zero-order valence-electron chi connectivity index (χ0n) is 9.67. The van der Waals surface area contributed by atoms with E-state index in [-0.39, 0.29) is 0 Å². The SMILES string of the molecule is CC1CCC(C[N+]2(C)CCOCC2)C1. The maximum absolute atomic E-state index is 5.43. The van der Waals surface area contributed by atoms with Gasteiger partial charge in [-0.1, -0.05) is 13.3 Å². The fourth-order valence-electron chi connectivity index (χ4n) is 3.08. The van der Waals surface area contributed by atoms with Gasteiger partial charge in [0, 0.05) is 5.92 Å². The maximum atomic E-state index is 5.43. The standard InChI is InChI=1S/C12H24NO/c1-11-3-4-12(9-11)10-13(2)5-7-14-8-6-13/h11-12H,3-10H2,1-2H3/q+1. The van der Waals surface area contributed by atoms with E-state index < -0.39 is 0 Å². The van der Waals surface area contributed by atoms with Gasteiger partial charge in [-0.25, -0.2) is 0 Å². The number of rotatable bonds is 2. The number of nitrogens with zero attached hydrogens (tertiary/aromatic N) is 1. The molecule has 0 aromatic heterocycles. The first-order valence-electron chi connectivity index (χ1n) is 6.09. The number of morpholine rings is 1. The summed E-state index contributed by atoms with van der Waals surface area (Å²) in [4.78, 5) is 0. The fourth-order valence-corrected chi connectivity index (χ4v) is 3.08. The summed E-state index contributed by atoms with van der Waals surface area (Å²) in [7, 11) is 2.41. The molecule has 2 unspecified atom stereocenters. The minimum atomic E-state index is 0.971. The molecule has 0 spiro atoms. The summed E-state index contributed by atoms with van der Waals surface area (Å²) in [6, 6.07) is 0. The van der Waals surface area contributed by atoms with Gasteiger partial charge in [0.1, 0.15) is 13.1 Å². The van der Waals surface area contributed by atoms with Crippen LogP contribution < -0.4 is 0 Å². The van der Waals surface area contributed by atoms with E-state index in [4.69, 9.17) is 4.74 Å². The molecule has 2 nitrogen and oxygen atoms in total. The van der Waals surface area contributed by atoms with Crippen LogP contribution in [0.1, 0.15) is 26.2 Å². The average molecular weight is 198 g/mol. The number of likely N-dealkylation sites (N-methyl/N-ethyl adjacent to an activating group) is 1. The van der Waals surface area contributed by atoms with E-state index in [9.17, 15) is 0 Å². The van der Waals surface area contributed by atoms with Crippen molar-refractivity contribution in [1.82, 2.24) is 0 Å². The van der Waals surface area contributed by atoms with Crippen molar-refractivity contribution in [2.24, 2.45) is 11.8 Å². The lowest BCUT2D eigenvalue weighted by atomic mass is 10.0. The highest BCUT2D eigenvalue weighted by Crippen LogP contribution is 2.32. The zero-order chi connectivity index (χ0) is 10.0. The molecule has 0 radical (unpaired) electrons. The Morgan fingerprint density at radius 2 is 1.93 bits per heavy atom. The minimum Gasteiger partial charge on any atom is -0.370 e. The van der Waals surface area contributed by atoms with E-state index in [2.05, 4.69) is 14.0 Å². The molecule has 1 saturated carbocycles. The molecule has 0 bridgehead atoms. The molecule has 2 fully saturated rings. The number of hydrogen-bond donors (Lipinski definition) is 0. The van der Waals surface area contributed by atoms with E-state index in [1.807, 2.05) is 0 Å². The van der Waals surface area contributed by atoms with Crippen molar-refractivity contribution in [3.63, 3.8) is 0 Å². The van der Waals surface area contributed by atoms with Gasteiger partial charge in [-0.15, -0.1) is 0 Å². The molecule has 2 aliphatic rings. The highest BCUT2D eigenvalue weighted by Gasteiger charge is 2.32. The smallest absolute Gasteiger partial charge is 0.102 e. The van der Waals surface area contributed by atoms with Crippen LogP contribution in [-0.4, -0.2) is 44.4 Å². The molecule has 1 saturated heterocycles. The summed E-state index contributed by atoms with van der Waals surface area (Å²) in [6.45, 7) is 8.19. The molecule has 1 heterocycles. The van der Waals surface area contributed by atoms with Gasteiger partial charge in [0.25, 0.3) is 0 Å². The van der Waals surface area contributed by atoms with Gasteiger partial charge in [0.15, 0.2) is 0 Å². The number of quaternary nitrogens is 1. The van der Waals surface area contributed by atoms with E-state index in [0.29, 0.717) is 0 Å². The molecule has 14 heavy (non-hydrogen) atoms. The van der Waals surface area contributed by atoms with E-state index in [1.54, 1.807) is 0 Å². The minimum absolute atomic E-state index is 0.971. The van der Waals surface area contributed by atoms with Gasteiger partial charge >= 0.3 is 0 Å². The summed E-state index contributed by atoms with van der Waals surface area (Å²) in [5, 5.41) is 0. The zero-order valence-corrected chi connectivity index (χ0v) is 9.67. The Labute approximate surface area is 87.8 Å². The molecule has 2 rings (SSSR count). The second kappa shape index (κ2) is 4.19. The predicted molar refractivity (Wildman–Crippen MR) is 58.1 cm³/mol. The van der Waals surface area contributed by atoms with Gasteiger partial charge in [-0.3, -0.25) is 0 Å². The van der Waals surface area contributed by atoms with Crippen LogP contribution in [0.15, 0.2) is 0 Å². The van der Waals surface area contributed by atoms with Crippen LogP contribution in [0.25, 0.3) is 0 Å². The van der Waals surface area contributed by atoms with Crippen molar-refractivity contribution in [1.29, 1.82) is 0 Å². The van der Waals surface area contributed by atoms with Crippen LogP contribution in [-0.2, 0) is 4.74 Å². The molecule has 0 aromatic carbocycles. The Morgan fingerprint density at radius 3 is 2.50 bits per heavy atom. The molecule has 2 atom stereocenters. The molecular weight excluding hydrogens is 174 g/mol. The molecule has 0 amide bonds. The van der Waals surface area contributed by atoms with Crippen LogP contribution in [0.5, 0.6) is 0 Å². The monoisotopic (exact) mass is 198 g/mol. The van der Waals surface area contributed by atoms with Gasteiger partial charge in [0.2, 0.25) is 0 Å². The molecule has 82 valence electrons. The van der Waals surface area contributed by atoms with Crippen LogP contribution >= 0.6 is 0 Å². The summed E-state index contributed by atoms with van der Waals surface area (Å²) in [6.07, 6.45) is 4.39. The van der Waals surface area contributed by atoms with Gasteiger partial charge < -0.3 is 9.22 Å². The lowest BCUT2D eigenvalue weighted by Gasteiger charge is -2.39. The van der Waals surface area contributed by atoms with E-state index in [0.717, 1.165) is 25.0 Å². The topological polar surface area (TPSA) is 9.23 Å². The van der Waals surface area contributed by atoms with Crippen LogP contribution in [0, 0.1) is 11.8 Å². The molecule has 1 aliphatic carbocycles. The Bertz CT molecular complexity index is 187. The Morgan fingerprint density at radius 1 is 1.21 bits per heavy atom.